The average molecular weight is 390 g/mol. The number of hydrogen-bond acceptors (Lipinski definition) is 9. The van der Waals surface area contributed by atoms with Gasteiger partial charge in [0.1, 0.15) is 5.82 Å². The number of aromatic nitrogens is 2. The summed E-state index contributed by atoms with van der Waals surface area (Å²) in [4.78, 5) is 8.84. The van der Waals surface area contributed by atoms with E-state index in [0.717, 1.165) is 11.1 Å². The van der Waals surface area contributed by atoms with Gasteiger partial charge < -0.3 is 25.0 Å². The molecule has 0 amide bonds. The number of nitrogens with one attached hydrogen (secondary N) is 2. The SMILES string of the molecule is Cc1cnc(Nc2cc(C#N)c3c(c2)COB3O)nc1N[C@H]1COCCC1C#N. The molecule has 2 aliphatic heterocycles. The number of benzene rings is 1. The number of hydrogen-bond donors (Lipinski definition) is 3. The summed E-state index contributed by atoms with van der Waals surface area (Å²) in [5.41, 5.74) is 3.08. The lowest BCUT2D eigenvalue weighted by atomic mass is 9.76. The van der Waals surface area contributed by atoms with Crippen LogP contribution in [0.2, 0.25) is 0 Å². The van der Waals surface area contributed by atoms with Crippen LogP contribution in [0.4, 0.5) is 17.5 Å². The number of ether oxygens (including phenoxy) is 1. The van der Waals surface area contributed by atoms with Crippen LogP contribution in [0.15, 0.2) is 18.3 Å². The van der Waals surface area contributed by atoms with Gasteiger partial charge in [0.2, 0.25) is 5.95 Å². The zero-order valence-electron chi connectivity index (χ0n) is 15.8. The van der Waals surface area contributed by atoms with Crippen molar-refractivity contribution in [3.8, 4) is 12.1 Å². The lowest BCUT2D eigenvalue weighted by Crippen LogP contribution is -2.38. The summed E-state index contributed by atoms with van der Waals surface area (Å²) in [5.74, 6) is 0.834. The van der Waals surface area contributed by atoms with Crippen LogP contribution < -0.4 is 16.1 Å². The summed E-state index contributed by atoms with van der Waals surface area (Å²) < 4.78 is 10.7. The number of anilines is 3. The molecule has 146 valence electrons. The number of rotatable bonds is 4. The van der Waals surface area contributed by atoms with E-state index in [0.29, 0.717) is 48.1 Å². The zero-order valence-corrected chi connectivity index (χ0v) is 15.8. The molecule has 1 saturated heterocycles. The monoisotopic (exact) mass is 390 g/mol. The fourth-order valence-electron chi connectivity index (χ4n) is 3.53. The number of nitriles is 2. The number of nitrogens with zero attached hydrogens (tertiary/aromatic N) is 4. The Hall–Kier alpha value is -3.18. The van der Waals surface area contributed by atoms with Gasteiger partial charge in [-0.05, 0) is 31.0 Å². The first-order valence-corrected chi connectivity index (χ1v) is 9.30. The maximum absolute atomic E-state index is 9.88. The van der Waals surface area contributed by atoms with Crippen LogP contribution in [0.5, 0.6) is 0 Å². The average Bonchev–Trinajstić information content (AvgIpc) is 3.11. The molecule has 10 heteroatoms. The summed E-state index contributed by atoms with van der Waals surface area (Å²) in [7, 11) is -1.08. The number of aryl methyl sites for hydroxylation is 1. The topological polar surface area (TPSA) is 136 Å². The molecule has 1 aromatic carbocycles. The zero-order chi connectivity index (χ0) is 20.4. The Morgan fingerprint density at radius 2 is 2.21 bits per heavy atom. The Balaban J connectivity index is 1.57. The van der Waals surface area contributed by atoms with Gasteiger partial charge in [-0.1, -0.05) is 0 Å². The van der Waals surface area contributed by atoms with E-state index in [-0.39, 0.29) is 18.6 Å². The Morgan fingerprint density at radius 1 is 1.34 bits per heavy atom. The molecule has 1 fully saturated rings. The maximum atomic E-state index is 9.88. The van der Waals surface area contributed by atoms with E-state index in [9.17, 15) is 15.5 Å². The van der Waals surface area contributed by atoms with Gasteiger partial charge in [-0.25, -0.2) is 4.98 Å². The molecule has 1 aromatic heterocycles. The van der Waals surface area contributed by atoms with Crippen molar-refractivity contribution in [2.75, 3.05) is 23.8 Å². The quantitative estimate of drug-likeness (QED) is 0.652. The van der Waals surface area contributed by atoms with Gasteiger partial charge in [0.05, 0.1) is 42.9 Å². The van der Waals surface area contributed by atoms with Crippen LogP contribution in [-0.4, -0.2) is 41.4 Å². The van der Waals surface area contributed by atoms with Crippen molar-refractivity contribution in [3.63, 3.8) is 0 Å². The minimum Gasteiger partial charge on any atom is -0.423 e. The third kappa shape index (κ3) is 3.87. The Kier molecular flexibility index (Phi) is 5.32. The second kappa shape index (κ2) is 8.06. The standard InChI is InChI=1S/C19H19BN6O3/c1-11-8-23-19(26-18(11)25-16-10-28-3-2-12(16)6-21)24-15-4-13(7-22)17-14(5-15)9-29-20(17)27/h4-5,8,12,16,27H,2-3,9-10H2,1H3,(H2,23,24,25,26)/t12?,16-/m0/s1. The van der Waals surface area contributed by atoms with Crippen molar-refractivity contribution in [1.29, 1.82) is 10.5 Å². The fraction of sp³-hybridized carbons (Fsp3) is 0.368. The van der Waals surface area contributed by atoms with Crippen molar-refractivity contribution >= 4 is 30.0 Å². The van der Waals surface area contributed by atoms with Crippen molar-refractivity contribution in [3.05, 3.63) is 35.0 Å². The highest BCUT2D eigenvalue weighted by molar-refractivity contribution is 6.62. The molecule has 2 atom stereocenters. The van der Waals surface area contributed by atoms with Crippen molar-refractivity contribution in [2.45, 2.75) is 26.0 Å². The van der Waals surface area contributed by atoms with Crippen molar-refractivity contribution in [1.82, 2.24) is 9.97 Å². The maximum Gasteiger partial charge on any atom is 0.493 e. The predicted molar refractivity (Wildman–Crippen MR) is 106 cm³/mol. The molecule has 29 heavy (non-hydrogen) atoms. The molecular weight excluding hydrogens is 371 g/mol. The first-order chi connectivity index (χ1) is 14.1. The van der Waals surface area contributed by atoms with E-state index in [1.165, 1.54) is 0 Å². The normalized spacial score (nSPS) is 20.5. The van der Waals surface area contributed by atoms with Crippen LogP contribution in [0.25, 0.3) is 0 Å². The van der Waals surface area contributed by atoms with E-state index < -0.39 is 7.12 Å². The van der Waals surface area contributed by atoms with Crippen molar-refractivity contribution < 1.29 is 14.4 Å². The highest BCUT2D eigenvalue weighted by Crippen LogP contribution is 2.24. The van der Waals surface area contributed by atoms with Gasteiger partial charge in [-0.15, -0.1) is 0 Å². The van der Waals surface area contributed by atoms with E-state index in [1.807, 2.05) is 13.0 Å². The second-order valence-corrected chi connectivity index (χ2v) is 7.07. The molecule has 4 rings (SSSR count). The van der Waals surface area contributed by atoms with Gasteiger partial charge in [-0.3, -0.25) is 0 Å². The Bertz CT molecular complexity index is 1020. The summed E-state index contributed by atoms with van der Waals surface area (Å²) in [6.45, 7) is 3.16. The van der Waals surface area contributed by atoms with Gasteiger partial charge >= 0.3 is 7.12 Å². The summed E-state index contributed by atoms with van der Waals surface area (Å²) in [6, 6.07) is 7.72. The van der Waals surface area contributed by atoms with Gasteiger partial charge in [0.25, 0.3) is 0 Å². The van der Waals surface area contributed by atoms with E-state index in [1.54, 1.807) is 12.3 Å². The van der Waals surface area contributed by atoms with Gasteiger partial charge in [0.15, 0.2) is 0 Å². The third-order valence-electron chi connectivity index (χ3n) is 5.10. The fourth-order valence-corrected chi connectivity index (χ4v) is 3.53. The first-order valence-electron chi connectivity index (χ1n) is 9.30. The Labute approximate surface area is 168 Å². The minimum atomic E-state index is -1.08. The molecule has 3 heterocycles. The molecule has 9 nitrogen and oxygen atoms in total. The Morgan fingerprint density at radius 3 is 3.00 bits per heavy atom. The molecule has 0 spiro atoms. The van der Waals surface area contributed by atoms with Crippen LogP contribution in [0.3, 0.4) is 0 Å². The lowest BCUT2D eigenvalue weighted by Gasteiger charge is -2.28. The van der Waals surface area contributed by atoms with Crippen LogP contribution in [0, 0.1) is 35.5 Å². The minimum absolute atomic E-state index is 0.140. The molecule has 2 aromatic rings. The molecule has 0 aliphatic carbocycles. The van der Waals surface area contributed by atoms with Crippen LogP contribution >= 0.6 is 0 Å². The van der Waals surface area contributed by atoms with Crippen LogP contribution in [-0.2, 0) is 16.0 Å². The third-order valence-corrected chi connectivity index (χ3v) is 5.10. The molecule has 0 radical (unpaired) electrons. The first kappa shape index (κ1) is 19.2. The highest BCUT2D eigenvalue weighted by Gasteiger charge is 2.31. The van der Waals surface area contributed by atoms with E-state index >= 15 is 0 Å². The number of fused-ring (bicyclic) bond motifs is 1. The molecule has 0 saturated carbocycles. The second-order valence-electron chi connectivity index (χ2n) is 7.07. The van der Waals surface area contributed by atoms with Gasteiger partial charge in [-0.2, -0.15) is 15.5 Å². The van der Waals surface area contributed by atoms with Gasteiger partial charge in [0, 0.05) is 29.5 Å². The lowest BCUT2D eigenvalue weighted by molar-refractivity contribution is 0.0698. The summed E-state index contributed by atoms with van der Waals surface area (Å²) >= 11 is 0. The van der Waals surface area contributed by atoms with E-state index in [4.69, 9.17) is 9.39 Å². The van der Waals surface area contributed by atoms with Crippen molar-refractivity contribution in [2.24, 2.45) is 5.92 Å². The molecule has 3 N–H and O–H groups in total. The molecular formula is C19H19BN6O3. The summed E-state index contributed by atoms with van der Waals surface area (Å²) in [6.07, 6.45) is 2.37. The summed E-state index contributed by atoms with van der Waals surface area (Å²) in [5, 5.41) is 35.0. The smallest absolute Gasteiger partial charge is 0.423 e. The highest BCUT2D eigenvalue weighted by atomic mass is 16.5. The largest absolute Gasteiger partial charge is 0.493 e. The molecule has 0 bridgehead atoms. The van der Waals surface area contributed by atoms with E-state index in [2.05, 4.69) is 32.7 Å². The molecule has 1 unspecified atom stereocenters. The molecule has 2 aliphatic rings. The predicted octanol–water partition coefficient (Wildman–Crippen LogP) is 0.959. The van der Waals surface area contributed by atoms with Crippen LogP contribution in [0.1, 0.15) is 23.1 Å².